The number of phenolic OH excluding ortho intramolecular Hbond substituents is 1. The van der Waals surface area contributed by atoms with Gasteiger partial charge in [-0.05, 0) is 28.5 Å². The number of hydrogen-bond donors (Lipinski definition) is 1. The van der Waals surface area contributed by atoms with Crippen LogP contribution < -0.4 is 0 Å². The summed E-state index contributed by atoms with van der Waals surface area (Å²) in [5.41, 5.74) is 2.73. The number of hydrogen-bond acceptors (Lipinski definition) is 4. The van der Waals surface area contributed by atoms with E-state index in [1.54, 1.807) is 0 Å². The van der Waals surface area contributed by atoms with Gasteiger partial charge in [-0.25, -0.2) is 0 Å². The zero-order valence-corrected chi connectivity index (χ0v) is 15.3. The van der Waals surface area contributed by atoms with Gasteiger partial charge in [0.05, 0.1) is 32.5 Å². The van der Waals surface area contributed by atoms with Crippen molar-refractivity contribution in [1.29, 1.82) is 0 Å². The highest BCUT2D eigenvalue weighted by Crippen LogP contribution is 2.39. The van der Waals surface area contributed by atoms with Crippen LogP contribution in [0, 0.1) is 0 Å². The smallest absolute Gasteiger partial charge is 0.123 e. The summed E-state index contributed by atoms with van der Waals surface area (Å²) in [6, 6.07) is 4.10. The Morgan fingerprint density at radius 3 is 1.91 bits per heavy atom. The molecule has 128 valence electrons. The Bertz CT molecular complexity index is 539. The van der Waals surface area contributed by atoms with Gasteiger partial charge in [0, 0.05) is 11.1 Å². The lowest BCUT2D eigenvalue weighted by molar-refractivity contribution is 0.0397. The first-order valence-corrected chi connectivity index (χ1v) is 8.33. The second kappa shape index (κ2) is 6.52. The molecule has 1 aromatic rings. The maximum absolute atomic E-state index is 10.7. The summed E-state index contributed by atoms with van der Waals surface area (Å²) in [5, 5.41) is 17.3. The van der Waals surface area contributed by atoms with Crippen molar-refractivity contribution in [2.24, 2.45) is 5.10 Å². The number of hydrazone groups is 1. The van der Waals surface area contributed by atoms with Gasteiger partial charge in [-0.2, -0.15) is 5.10 Å². The van der Waals surface area contributed by atoms with Gasteiger partial charge >= 0.3 is 0 Å². The lowest BCUT2D eigenvalue weighted by atomic mass is 9.78. The summed E-state index contributed by atoms with van der Waals surface area (Å²) in [7, 11) is 0. The average Bonchev–Trinajstić information content (AvgIpc) is 2.44. The summed E-state index contributed by atoms with van der Waals surface area (Å²) < 4.78 is 5.35. The molecule has 4 heteroatoms. The number of morpholine rings is 1. The predicted molar refractivity (Wildman–Crippen MR) is 95.5 cm³/mol. The molecule has 1 aliphatic heterocycles. The van der Waals surface area contributed by atoms with Gasteiger partial charge in [0.1, 0.15) is 5.75 Å². The molecule has 1 aliphatic rings. The molecule has 1 heterocycles. The summed E-state index contributed by atoms with van der Waals surface area (Å²) in [4.78, 5) is 0. The molecule has 0 amide bonds. The highest BCUT2D eigenvalue weighted by Gasteiger charge is 2.26. The van der Waals surface area contributed by atoms with E-state index in [2.05, 4.69) is 58.8 Å². The van der Waals surface area contributed by atoms with E-state index in [1.165, 1.54) is 0 Å². The third-order valence-electron chi connectivity index (χ3n) is 4.11. The van der Waals surface area contributed by atoms with Crippen molar-refractivity contribution in [1.82, 2.24) is 5.01 Å². The molecule has 0 atom stereocenters. The third kappa shape index (κ3) is 4.47. The standard InChI is InChI=1S/C19H30N2O2/c1-18(2,3)15-11-14(12-16(17(15)22)19(4,5)6)13-20-21-7-9-23-10-8-21/h11-13,22H,7-10H2,1-6H3/b20-13+. The van der Waals surface area contributed by atoms with E-state index < -0.39 is 0 Å². The Hall–Kier alpha value is -1.55. The summed E-state index contributed by atoms with van der Waals surface area (Å²) in [6.07, 6.45) is 1.90. The van der Waals surface area contributed by atoms with Crippen molar-refractivity contribution >= 4 is 6.21 Å². The number of benzene rings is 1. The van der Waals surface area contributed by atoms with E-state index in [0.29, 0.717) is 5.75 Å². The van der Waals surface area contributed by atoms with Crippen molar-refractivity contribution < 1.29 is 9.84 Å². The monoisotopic (exact) mass is 318 g/mol. The van der Waals surface area contributed by atoms with Crippen LogP contribution in [-0.4, -0.2) is 42.6 Å². The molecule has 1 N–H and O–H groups in total. The molecule has 0 aromatic heterocycles. The molecule has 0 aliphatic carbocycles. The summed E-state index contributed by atoms with van der Waals surface area (Å²) in [5.74, 6) is 0.411. The molecule has 23 heavy (non-hydrogen) atoms. The molecule has 0 unspecified atom stereocenters. The summed E-state index contributed by atoms with van der Waals surface area (Å²) in [6.45, 7) is 15.8. The minimum Gasteiger partial charge on any atom is -0.507 e. The minimum absolute atomic E-state index is 0.118. The Balaban J connectivity index is 2.41. The van der Waals surface area contributed by atoms with Crippen LogP contribution in [0.3, 0.4) is 0 Å². The molecule has 0 radical (unpaired) electrons. The van der Waals surface area contributed by atoms with Gasteiger partial charge in [-0.1, -0.05) is 41.5 Å². The highest BCUT2D eigenvalue weighted by atomic mass is 16.5. The number of ether oxygens (including phenoxy) is 1. The number of phenols is 1. The fourth-order valence-corrected chi connectivity index (χ4v) is 2.69. The van der Waals surface area contributed by atoms with Crippen molar-refractivity contribution in [3.63, 3.8) is 0 Å². The van der Waals surface area contributed by atoms with Gasteiger partial charge in [0.15, 0.2) is 0 Å². The van der Waals surface area contributed by atoms with Crippen LogP contribution in [0.1, 0.15) is 58.2 Å². The van der Waals surface area contributed by atoms with Gasteiger partial charge in [0.2, 0.25) is 0 Å². The van der Waals surface area contributed by atoms with Crippen molar-refractivity contribution in [3.8, 4) is 5.75 Å². The highest BCUT2D eigenvalue weighted by molar-refractivity contribution is 5.81. The first kappa shape index (κ1) is 17.8. The van der Waals surface area contributed by atoms with Crippen molar-refractivity contribution in [2.75, 3.05) is 26.3 Å². The second-order valence-electron chi connectivity index (χ2n) is 8.28. The first-order valence-electron chi connectivity index (χ1n) is 8.33. The van der Waals surface area contributed by atoms with E-state index in [4.69, 9.17) is 4.74 Å². The molecule has 0 saturated carbocycles. The zero-order valence-electron chi connectivity index (χ0n) is 15.3. The van der Waals surface area contributed by atoms with Gasteiger partial charge in [0.25, 0.3) is 0 Å². The van der Waals surface area contributed by atoms with Crippen LogP contribution in [0.4, 0.5) is 0 Å². The van der Waals surface area contributed by atoms with Crippen LogP contribution in [0.15, 0.2) is 17.2 Å². The Morgan fingerprint density at radius 1 is 1.00 bits per heavy atom. The van der Waals surface area contributed by atoms with Crippen LogP contribution in [0.5, 0.6) is 5.75 Å². The minimum atomic E-state index is -0.118. The fraction of sp³-hybridized carbons (Fsp3) is 0.632. The molecule has 0 spiro atoms. The van der Waals surface area contributed by atoms with E-state index in [1.807, 2.05) is 11.2 Å². The maximum atomic E-state index is 10.7. The Labute approximate surface area is 140 Å². The van der Waals surface area contributed by atoms with Crippen LogP contribution in [-0.2, 0) is 15.6 Å². The van der Waals surface area contributed by atoms with Crippen molar-refractivity contribution in [2.45, 2.75) is 52.4 Å². The molecule has 1 saturated heterocycles. The predicted octanol–water partition coefficient (Wildman–Crippen LogP) is 3.65. The molecule has 0 bridgehead atoms. The number of aromatic hydroxyl groups is 1. The molecule has 4 nitrogen and oxygen atoms in total. The molecule has 1 fully saturated rings. The molecular formula is C19H30N2O2. The lowest BCUT2D eigenvalue weighted by Gasteiger charge is -2.28. The van der Waals surface area contributed by atoms with Gasteiger partial charge in [-0.15, -0.1) is 0 Å². The van der Waals surface area contributed by atoms with E-state index in [9.17, 15) is 5.11 Å². The molecule has 2 rings (SSSR count). The maximum Gasteiger partial charge on any atom is 0.123 e. The lowest BCUT2D eigenvalue weighted by Crippen LogP contribution is -2.32. The number of rotatable bonds is 2. The fourth-order valence-electron chi connectivity index (χ4n) is 2.69. The quantitative estimate of drug-likeness (QED) is 0.847. The average molecular weight is 318 g/mol. The Morgan fingerprint density at radius 2 is 1.48 bits per heavy atom. The SMILES string of the molecule is CC(C)(C)c1cc(/C=N/N2CCOCC2)cc(C(C)(C)C)c1O. The van der Waals surface area contributed by atoms with Crippen LogP contribution in [0.25, 0.3) is 0 Å². The van der Waals surface area contributed by atoms with E-state index in [0.717, 1.165) is 43.0 Å². The van der Waals surface area contributed by atoms with Crippen LogP contribution >= 0.6 is 0 Å². The van der Waals surface area contributed by atoms with Gasteiger partial charge < -0.3 is 9.84 Å². The summed E-state index contributed by atoms with van der Waals surface area (Å²) >= 11 is 0. The number of nitrogens with zero attached hydrogens (tertiary/aromatic N) is 2. The largest absolute Gasteiger partial charge is 0.507 e. The van der Waals surface area contributed by atoms with Crippen LogP contribution in [0.2, 0.25) is 0 Å². The first-order chi connectivity index (χ1) is 10.6. The molecule has 1 aromatic carbocycles. The van der Waals surface area contributed by atoms with Crippen molar-refractivity contribution in [3.05, 3.63) is 28.8 Å². The topological polar surface area (TPSA) is 45.1 Å². The van der Waals surface area contributed by atoms with Gasteiger partial charge in [-0.3, -0.25) is 5.01 Å². The zero-order chi connectivity index (χ0) is 17.3. The third-order valence-corrected chi connectivity index (χ3v) is 4.11. The Kier molecular flexibility index (Phi) is 5.04. The second-order valence-corrected chi connectivity index (χ2v) is 8.28. The van der Waals surface area contributed by atoms with E-state index in [-0.39, 0.29) is 10.8 Å². The normalized spacial score (nSPS) is 17.0. The van der Waals surface area contributed by atoms with E-state index >= 15 is 0 Å². The molecular weight excluding hydrogens is 288 g/mol.